The molecule has 3 rings (SSSR count). The molecule has 0 radical (unpaired) electrons. The highest BCUT2D eigenvalue weighted by Crippen LogP contribution is 2.31. The number of thiazole rings is 1. The number of nitrogens with zero attached hydrogens (tertiary/aromatic N) is 2. The third-order valence-corrected chi connectivity index (χ3v) is 5.36. The predicted molar refractivity (Wildman–Crippen MR) is 97.1 cm³/mol. The number of nitrogens with one attached hydrogen (secondary N) is 2. The Hall–Kier alpha value is -2.48. The van der Waals surface area contributed by atoms with Gasteiger partial charge in [-0.05, 0) is 38.3 Å². The van der Waals surface area contributed by atoms with Crippen molar-refractivity contribution in [3.05, 3.63) is 50.0 Å². The lowest BCUT2D eigenvalue weighted by Crippen LogP contribution is -2.25. The normalized spacial score (nSPS) is 14.8. The summed E-state index contributed by atoms with van der Waals surface area (Å²) in [6, 6.07) is 4.58. The molecular formula is C17H20N4O3S. The second-order valence-electron chi connectivity index (χ2n) is 6.12. The maximum absolute atomic E-state index is 12.1. The fourth-order valence-electron chi connectivity index (χ4n) is 2.42. The Morgan fingerprint density at radius 2 is 2.24 bits per heavy atom. The number of carbonyl (C=O) groups is 1. The molecule has 0 aliphatic heterocycles. The van der Waals surface area contributed by atoms with E-state index in [1.807, 2.05) is 13.1 Å². The van der Waals surface area contributed by atoms with Gasteiger partial charge in [0.05, 0.1) is 11.0 Å². The van der Waals surface area contributed by atoms with Crippen LogP contribution in [0.3, 0.4) is 0 Å². The largest absolute Gasteiger partial charge is 0.371 e. The first kappa shape index (κ1) is 17.3. The summed E-state index contributed by atoms with van der Waals surface area (Å²) >= 11 is 1.59. The molecule has 1 saturated carbocycles. The molecule has 132 valence electrons. The fourth-order valence-corrected chi connectivity index (χ4v) is 3.28. The summed E-state index contributed by atoms with van der Waals surface area (Å²) in [7, 11) is 0. The predicted octanol–water partition coefficient (Wildman–Crippen LogP) is 3.68. The summed E-state index contributed by atoms with van der Waals surface area (Å²) in [5, 5.41) is 18.3. The number of anilines is 1. The van der Waals surface area contributed by atoms with Crippen LogP contribution in [0.5, 0.6) is 0 Å². The molecule has 1 aromatic heterocycles. The van der Waals surface area contributed by atoms with Gasteiger partial charge in [0.2, 0.25) is 0 Å². The number of hydrogen-bond donors (Lipinski definition) is 2. The standard InChI is InChI=1S/C17H20N4O3S/c1-3-13-9-18-17(25-13)10(2)19-14-7-4-11(8-15(14)21(23)24)16(22)20-12-5-6-12/h4,7-10,12,19H,3,5-6H2,1-2H3,(H,20,22). The van der Waals surface area contributed by atoms with Crippen LogP contribution in [0.25, 0.3) is 0 Å². The first-order chi connectivity index (χ1) is 12.0. The van der Waals surface area contributed by atoms with Gasteiger partial charge >= 0.3 is 0 Å². The van der Waals surface area contributed by atoms with Gasteiger partial charge in [0, 0.05) is 28.7 Å². The lowest BCUT2D eigenvalue weighted by atomic mass is 10.1. The van der Waals surface area contributed by atoms with Crippen LogP contribution in [-0.2, 0) is 6.42 Å². The third-order valence-electron chi connectivity index (χ3n) is 4.03. The summed E-state index contributed by atoms with van der Waals surface area (Å²) in [5.74, 6) is -0.266. The van der Waals surface area contributed by atoms with Crippen LogP contribution in [0, 0.1) is 10.1 Å². The molecule has 1 atom stereocenters. The van der Waals surface area contributed by atoms with E-state index in [9.17, 15) is 14.9 Å². The molecule has 1 aliphatic rings. The van der Waals surface area contributed by atoms with Gasteiger partial charge in [-0.2, -0.15) is 0 Å². The Morgan fingerprint density at radius 3 is 2.84 bits per heavy atom. The van der Waals surface area contributed by atoms with Gasteiger partial charge in [-0.25, -0.2) is 4.98 Å². The van der Waals surface area contributed by atoms with E-state index < -0.39 is 4.92 Å². The number of amides is 1. The van der Waals surface area contributed by atoms with Crippen LogP contribution in [0.15, 0.2) is 24.4 Å². The van der Waals surface area contributed by atoms with Crippen molar-refractivity contribution >= 4 is 28.6 Å². The van der Waals surface area contributed by atoms with E-state index in [0.29, 0.717) is 11.3 Å². The molecule has 1 heterocycles. The van der Waals surface area contributed by atoms with E-state index in [4.69, 9.17) is 0 Å². The lowest BCUT2D eigenvalue weighted by molar-refractivity contribution is -0.384. The molecule has 2 N–H and O–H groups in total. The molecule has 1 fully saturated rings. The molecule has 0 bridgehead atoms. The van der Waals surface area contributed by atoms with Gasteiger partial charge < -0.3 is 10.6 Å². The van der Waals surface area contributed by atoms with Gasteiger partial charge in [0.25, 0.3) is 11.6 Å². The van der Waals surface area contributed by atoms with E-state index in [1.54, 1.807) is 23.5 Å². The average Bonchev–Trinajstić information content (AvgIpc) is 3.26. The Balaban J connectivity index is 1.79. The van der Waals surface area contributed by atoms with Crippen LogP contribution in [0.4, 0.5) is 11.4 Å². The highest BCUT2D eigenvalue weighted by atomic mass is 32.1. The zero-order chi connectivity index (χ0) is 18.0. The molecular weight excluding hydrogens is 340 g/mol. The van der Waals surface area contributed by atoms with Crippen LogP contribution in [0.2, 0.25) is 0 Å². The summed E-state index contributed by atoms with van der Waals surface area (Å²) in [6.45, 7) is 3.97. The molecule has 1 amide bonds. The molecule has 25 heavy (non-hydrogen) atoms. The second kappa shape index (κ2) is 7.18. The molecule has 1 unspecified atom stereocenters. The number of aryl methyl sites for hydroxylation is 1. The van der Waals surface area contributed by atoms with Crippen molar-refractivity contribution in [3.63, 3.8) is 0 Å². The van der Waals surface area contributed by atoms with Crippen LogP contribution in [-0.4, -0.2) is 21.9 Å². The Kier molecular flexibility index (Phi) is 4.98. The van der Waals surface area contributed by atoms with Crippen molar-refractivity contribution in [2.24, 2.45) is 0 Å². The maximum atomic E-state index is 12.1. The molecule has 1 aromatic carbocycles. The smallest absolute Gasteiger partial charge is 0.293 e. The summed E-state index contributed by atoms with van der Waals surface area (Å²) in [5.41, 5.74) is 0.579. The number of nitro groups is 1. The maximum Gasteiger partial charge on any atom is 0.293 e. The quantitative estimate of drug-likeness (QED) is 0.580. The number of aromatic nitrogens is 1. The van der Waals surface area contributed by atoms with Crippen molar-refractivity contribution in [1.29, 1.82) is 0 Å². The van der Waals surface area contributed by atoms with Crippen LogP contribution >= 0.6 is 11.3 Å². The topological polar surface area (TPSA) is 97.2 Å². The third kappa shape index (κ3) is 4.14. The van der Waals surface area contributed by atoms with Crippen molar-refractivity contribution in [2.45, 2.75) is 45.2 Å². The highest BCUT2D eigenvalue weighted by molar-refractivity contribution is 7.11. The van der Waals surface area contributed by atoms with Gasteiger partial charge in [-0.3, -0.25) is 14.9 Å². The van der Waals surface area contributed by atoms with E-state index >= 15 is 0 Å². The minimum Gasteiger partial charge on any atom is -0.371 e. The van der Waals surface area contributed by atoms with Crippen molar-refractivity contribution in [3.8, 4) is 0 Å². The first-order valence-corrected chi connectivity index (χ1v) is 9.10. The van der Waals surface area contributed by atoms with Gasteiger partial charge in [-0.1, -0.05) is 6.92 Å². The number of carbonyl (C=O) groups excluding carboxylic acids is 1. The van der Waals surface area contributed by atoms with Gasteiger partial charge in [0.15, 0.2) is 0 Å². The van der Waals surface area contributed by atoms with Gasteiger partial charge in [-0.15, -0.1) is 11.3 Å². The Bertz CT molecular complexity index is 801. The van der Waals surface area contributed by atoms with Crippen LogP contribution < -0.4 is 10.6 Å². The van der Waals surface area contributed by atoms with Crippen LogP contribution in [0.1, 0.15) is 53.0 Å². The summed E-state index contributed by atoms with van der Waals surface area (Å²) in [4.78, 5) is 28.6. The molecule has 1 aliphatic carbocycles. The molecule has 0 saturated heterocycles. The van der Waals surface area contributed by atoms with Crippen molar-refractivity contribution in [1.82, 2.24) is 10.3 Å². The monoisotopic (exact) mass is 360 g/mol. The SMILES string of the molecule is CCc1cnc(C(C)Nc2ccc(C(=O)NC3CC3)cc2[N+](=O)[O-])s1. The van der Waals surface area contributed by atoms with Crippen molar-refractivity contribution < 1.29 is 9.72 Å². The number of hydrogen-bond acceptors (Lipinski definition) is 6. The highest BCUT2D eigenvalue weighted by Gasteiger charge is 2.25. The number of nitro benzene ring substituents is 1. The molecule has 0 spiro atoms. The average molecular weight is 360 g/mol. The molecule has 2 aromatic rings. The zero-order valence-electron chi connectivity index (χ0n) is 14.1. The zero-order valence-corrected chi connectivity index (χ0v) is 14.9. The minimum atomic E-state index is -0.470. The summed E-state index contributed by atoms with van der Waals surface area (Å²) in [6.07, 6.45) is 4.68. The van der Waals surface area contributed by atoms with E-state index in [2.05, 4.69) is 22.5 Å². The minimum absolute atomic E-state index is 0.109. The van der Waals surface area contributed by atoms with E-state index in [1.165, 1.54) is 10.9 Å². The van der Waals surface area contributed by atoms with Crippen molar-refractivity contribution in [2.75, 3.05) is 5.32 Å². The summed E-state index contributed by atoms with van der Waals surface area (Å²) < 4.78 is 0. The molecule has 7 nitrogen and oxygen atoms in total. The number of benzene rings is 1. The second-order valence-corrected chi connectivity index (χ2v) is 7.27. The number of rotatable bonds is 7. The first-order valence-electron chi connectivity index (χ1n) is 8.28. The Morgan fingerprint density at radius 1 is 1.48 bits per heavy atom. The van der Waals surface area contributed by atoms with E-state index in [-0.39, 0.29) is 23.7 Å². The fraction of sp³-hybridized carbons (Fsp3) is 0.412. The van der Waals surface area contributed by atoms with E-state index in [0.717, 1.165) is 24.3 Å². The van der Waals surface area contributed by atoms with Gasteiger partial charge in [0.1, 0.15) is 10.7 Å². The lowest BCUT2D eigenvalue weighted by Gasteiger charge is -2.13. The Labute approximate surface area is 149 Å². The molecule has 8 heteroatoms.